The zero-order valence-corrected chi connectivity index (χ0v) is 15.1. The van der Waals surface area contributed by atoms with Gasteiger partial charge in [0.15, 0.2) is 0 Å². The first kappa shape index (κ1) is 18.7. The Labute approximate surface area is 146 Å². The molecule has 2 fully saturated rings. The Morgan fingerprint density at radius 1 is 1.21 bits per heavy atom. The van der Waals surface area contributed by atoms with Crippen LogP contribution < -0.4 is 0 Å². The molecule has 2 aliphatic carbocycles. The molecule has 4 atom stereocenters. The van der Waals surface area contributed by atoms with E-state index < -0.39 is 0 Å². The van der Waals surface area contributed by atoms with Gasteiger partial charge in [-0.15, -0.1) is 0 Å². The molecule has 0 radical (unpaired) electrons. The van der Waals surface area contributed by atoms with Crippen LogP contribution in [-0.2, 0) is 4.74 Å². The Balaban J connectivity index is 2.16. The van der Waals surface area contributed by atoms with E-state index in [1.165, 1.54) is 32.1 Å². The van der Waals surface area contributed by atoms with Crippen molar-refractivity contribution in [3.63, 3.8) is 0 Å². The highest BCUT2D eigenvalue weighted by atomic mass is 16.5. The zero-order chi connectivity index (χ0) is 17.9. The lowest BCUT2D eigenvalue weighted by atomic mass is 9.76. The fraction of sp³-hybridized carbons (Fsp3) is 0.571. The van der Waals surface area contributed by atoms with E-state index in [0.717, 1.165) is 5.57 Å². The van der Waals surface area contributed by atoms with Crippen molar-refractivity contribution in [2.75, 3.05) is 7.11 Å². The number of methoxy groups -OCH3 is 1. The summed E-state index contributed by atoms with van der Waals surface area (Å²) in [5.41, 5.74) is 1.13. The van der Waals surface area contributed by atoms with Crippen molar-refractivity contribution >= 4 is 6.72 Å². The van der Waals surface area contributed by atoms with Gasteiger partial charge >= 0.3 is 0 Å². The maximum absolute atomic E-state index is 9.37. The van der Waals surface area contributed by atoms with E-state index in [1.807, 2.05) is 6.08 Å². The van der Waals surface area contributed by atoms with Crippen molar-refractivity contribution in [1.29, 1.82) is 0 Å². The number of hydrogen-bond acceptors (Lipinski definition) is 3. The van der Waals surface area contributed by atoms with Crippen LogP contribution in [0.1, 0.15) is 39.0 Å². The third-order valence-electron chi connectivity index (χ3n) is 6.04. The monoisotopic (exact) mass is 329 g/mol. The minimum Gasteiger partial charge on any atom is -0.508 e. The Bertz CT molecular complexity index is 556. The second kappa shape index (κ2) is 7.52. The number of aliphatic imine (C=N–C) groups is 1. The topological polar surface area (TPSA) is 41.8 Å². The largest absolute Gasteiger partial charge is 0.508 e. The SMILES string of the molecule is C=NC1C(C(=C)/C=C\C(=C)C(=C)O)C1(OC)C(C)C1CCCCC1. The number of hydrogen-bond donors (Lipinski definition) is 1. The first-order valence-electron chi connectivity index (χ1n) is 8.85. The standard InChI is InChI=1S/C21H31NO2/c1-14(17(4)23)12-13-15(2)19-20(22-5)21(19,24-6)16(3)18-10-8-7-9-11-18/h12-13,16,18-20,23H,1-2,4-5,7-11H2,3,6H3/b13-12-. The predicted octanol–water partition coefficient (Wildman–Crippen LogP) is 5.03. The maximum atomic E-state index is 9.37. The lowest BCUT2D eigenvalue weighted by molar-refractivity contribution is -0.00803. The molecule has 2 rings (SSSR count). The summed E-state index contributed by atoms with van der Waals surface area (Å²) in [6, 6.07) is 0.0437. The summed E-state index contributed by atoms with van der Waals surface area (Å²) in [5, 5.41) is 9.37. The molecule has 0 heterocycles. The molecule has 1 N–H and O–H groups in total. The molecule has 0 aromatic carbocycles. The number of nitrogens with zero attached hydrogens (tertiary/aromatic N) is 1. The van der Waals surface area contributed by atoms with Gasteiger partial charge in [-0.05, 0) is 24.1 Å². The van der Waals surface area contributed by atoms with Crippen LogP contribution >= 0.6 is 0 Å². The Morgan fingerprint density at radius 2 is 1.83 bits per heavy atom. The number of rotatable bonds is 8. The van der Waals surface area contributed by atoms with E-state index in [9.17, 15) is 5.11 Å². The zero-order valence-electron chi connectivity index (χ0n) is 15.1. The van der Waals surface area contributed by atoms with Crippen molar-refractivity contribution < 1.29 is 9.84 Å². The molecule has 2 saturated carbocycles. The van der Waals surface area contributed by atoms with Gasteiger partial charge < -0.3 is 9.84 Å². The predicted molar refractivity (Wildman–Crippen MR) is 101 cm³/mol. The Hall–Kier alpha value is -1.61. The van der Waals surface area contributed by atoms with Gasteiger partial charge in [0.05, 0.1) is 6.04 Å². The summed E-state index contributed by atoms with van der Waals surface area (Å²) in [6.45, 7) is 17.5. The van der Waals surface area contributed by atoms with Crippen LogP contribution in [-0.4, -0.2) is 30.6 Å². The van der Waals surface area contributed by atoms with Crippen LogP contribution in [0.2, 0.25) is 0 Å². The van der Waals surface area contributed by atoms with Crippen LogP contribution in [0.4, 0.5) is 0 Å². The van der Waals surface area contributed by atoms with Crippen molar-refractivity contribution in [1.82, 2.24) is 0 Å². The van der Waals surface area contributed by atoms with Gasteiger partial charge in [-0.3, -0.25) is 4.99 Å². The van der Waals surface area contributed by atoms with Crippen molar-refractivity contribution in [3.8, 4) is 0 Å². The second-order valence-electron chi connectivity index (χ2n) is 7.23. The number of ether oxygens (including phenoxy) is 1. The summed E-state index contributed by atoms with van der Waals surface area (Å²) in [4.78, 5) is 4.35. The molecule has 0 aromatic heterocycles. The molecular weight excluding hydrogens is 298 g/mol. The van der Waals surface area contributed by atoms with E-state index >= 15 is 0 Å². The highest BCUT2D eigenvalue weighted by Gasteiger charge is 2.69. The third kappa shape index (κ3) is 3.27. The van der Waals surface area contributed by atoms with Crippen LogP contribution in [0.15, 0.2) is 53.8 Å². The summed E-state index contributed by atoms with van der Waals surface area (Å²) in [5.74, 6) is 1.20. The summed E-state index contributed by atoms with van der Waals surface area (Å²) in [6.07, 6.45) is 10.1. The van der Waals surface area contributed by atoms with Gasteiger partial charge in [0.2, 0.25) is 0 Å². The molecule has 3 heteroatoms. The number of aliphatic hydroxyl groups excluding tert-OH is 1. The lowest BCUT2D eigenvalue weighted by Crippen LogP contribution is -2.34. The third-order valence-corrected chi connectivity index (χ3v) is 6.04. The molecule has 0 aromatic rings. The van der Waals surface area contributed by atoms with Crippen LogP contribution in [0.25, 0.3) is 0 Å². The first-order chi connectivity index (χ1) is 11.4. The van der Waals surface area contributed by atoms with E-state index in [0.29, 0.717) is 17.4 Å². The van der Waals surface area contributed by atoms with E-state index in [-0.39, 0.29) is 23.3 Å². The van der Waals surface area contributed by atoms with Crippen LogP contribution in [0.3, 0.4) is 0 Å². The molecule has 0 spiro atoms. The minimum atomic E-state index is -0.303. The maximum Gasteiger partial charge on any atom is 0.115 e. The molecule has 0 saturated heterocycles. The fourth-order valence-corrected chi connectivity index (χ4v) is 4.50. The second-order valence-corrected chi connectivity index (χ2v) is 7.23. The summed E-state index contributed by atoms with van der Waals surface area (Å²) < 4.78 is 6.04. The molecule has 4 unspecified atom stereocenters. The molecule has 0 bridgehead atoms. The quantitative estimate of drug-likeness (QED) is 0.385. The van der Waals surface area contributed by atoms with Gasteiger partial charge in [0.25, 0.3) is 0 Å². The summed E-state index contributed by atoms with van der Waals surface area (Å²) in [7, 11) is 1.78. The fourth-order valence-electron chi connectivity index (χ4n) is 4.50. The minimum absolute atomic E-state index is 0.0261. The van der Waals surface area contributed by atoms with Gasteiger partial charge in [0, 0.05) is 18.6 Å². The van der Waals surface area contributed by atoms with Crippen LogP contribution in [0, 0.1) is 17.8 Å². The van der Waals surface area contributed by atoms with Gasteiger partial charge in [0.1, 0.15) is 11.4 Å². The van der Waals surface area contributed by atoms with Crippen molar-refractivity contribution in [3.05, 3.63) is 48.8 Å². The molecule has 24 heavy (non-hydrogen) atoms. The molecule has 2 aliphatic rings. The van der Waals surface area contributed by atoms with Gasteiger partial charge in [-0.2, -0.15) is 0 Å². The van der Waals surface area contributed by atoms with E-state index in [1.54, 1.807) is 13.2 Å². The number of aliphatic hydroxyl groups is 1. The summed E-state index contributed by atoms with van der Waals surface area (Å²) >= 11 is 0. The Kier molecular flexibility index (Phi) is 5.87. The molecule has 0 aliphatic heterocycles. The van der Waals surface area contributed by atoms with Crippen molar-refractivity contribution in [2.24, 2.45) is 22.7 Å². The average molecular weight is 329 g/mol. The number of allylic oxidation sites excluding steroid dienone is 2. The average Bonchev–Trinajstić information content (AvgIpc) is 3.28. The molecule has 0 amide bonds. The molecule has 132 valence electrons. The highest BCUT2D eigenvalue weighted by molar-refractivity contribution is 5.44. The van der Waals surface area contributed by atoms with Gasteiger partial charge in [-0.1, -0.05) is 70.9 Å². The van der Waals surface area contributed by atoms with E-state index in [2.05, 4.69) is 38.4 Å². The Morgan fingerprint density at radius 3 is 2.33 bits per heavy atom. The lowest BCUT2D eigenvalue weighted by Gasteiger charge is -2.34. The smallest absolute Gasteiger partial charge is 0.115 e. The van der Waals surface area contributed by atoms with Crippen LogP contribution in [0.5, 0.6) is 0 Å². The van der Waals surface area contributed by atoms with E-state index in [4.69, 9.17) is 4.74 Å². The first-order valence-corrected chi connectivity index (χ1v) is 8.85. The molecule has 3 nitrogen and oxygen atoms in total. The highest BCUT2D eigenvalue weighted by Crippen LogP contribution is 2.60. The van der Waals surface area contributed by atoms with Crippen molar-refractivity contribution in [2.45, 2.75) is 50.7 Å². The van der Waals surface area contributed by atoms with Gasteiger partial charge in [-0.25, -0.2) is 0 Å². The molecular formula is C21H31NO2. The normalized spacial score (nSPS) is 31.6.